The van der Waals surface area contributed by atoms with Crippen LogP contribution in [0.5, 0.6) is 0 Å². The van der Waals surface area contributed by atoms with Gasteiger partial charge in [-0.05, 0) is 12.8 Å². The van der Waals surface area contributed by atoms with E-state index in [4.69, 9.17) is 0 Å². The lowest BCUT2D eigenvalue weighted by atomic mass is 9.88. The molecule has 0 aliphatic carbocycles. The summed E-state index contributed by atoms with van der Waals surface area (Å²) < 4.78 is 36.8. The number of piperidine rings is 1. The molecule has 0 spiro atoms. The Hall–Kier alpha value is -0.820. The normalized spacial score (nSPS) is 25.6. The lowest BCUT2D eigenvalue weighted by Crippen LogP contribution is -2.54. The molecule has 1 amide bonds. The minimum atomic E-state index is -4.27. The molecule has 0 aromatic heterocycles. The number of rotatable bonds is 5. The molecule has 0 bridgehead atoms. The predicted octanol–water partition coefficient (Wildman–Crippen LogP) is 1.54. The van der Waals surface area contributed by atoms with Crippen molar-refractivity contribution >= 4 is 5.91 Å². The minimum absolute atomic E-state index is 0.0863. The van der Waals surface area contributed by atoms with E-state index >= 15 is 0 Å². The van der Waals surface area contributed by atoms with E-state index in [1.54, 1.807) is 11.8 Å². The second kappa shape index (κ2) is 7.26. The molecule has 0 saturated carbocycles. The molecular formula is C13H23F3N2O2. The monoisotopic (exact) mass is 296 g/mol. The van der Waals surface area contributed by atoms with Crippen LogP contribution in [-0.2, 0) is 4.79 Å². The number of halogens is 3. The fraction of sp³-hybridized carbons (Fsp3) is 0.923. The van der Waals surface area contributed by atoms with Gasteiger partial charge in [0.25, 0.3) is 0 Å². The van der Waals surface area contributed by atoms with E-state index in [1.807, 2.05) is 6.92 Å². The number of aliphatic hydroxyl groups excluding tert-OH is 1. The molecule has 3 unspecified atom stereocenters. The first-order valence-electron chi connectivity index (χ1n) is 7.02. The van der Waals surface area contributed by atoms with Crippen molar-refractivity contribution < 1.29 is 23.1 Å². The molecule has 1 rings (SSSR count). The van der Waals surface area contributed by atoms with Gasteiger partial charge in [0.15, 0.2) is 0 Å². The average molecular weight is 296 g/mol. The van der Waals surface area contributed by atoms with Gasteiger partial charge in [-0.15, -0.1) is 0 Å². The summed E-state index contributed by atoms with van der Waals surface area (Å²) in [5.74, 6) is -0.258. The van der Waals surface area contributed by atoms with Crippen molar-refractivity contribution in [3.8, 4) is 0 Å². The molecule has 1 fully saturated rings. The maximum Gasteiger partial charge on any atom is 0.401 e. The average Bonchev–Trinajstić information content (AvgIpc) is 2.42. The molecule has 3 atom stereocenters. The predicted molar refractivity (Wildman–Crippen MR) is 69.1 cm³/mol. The number of hydrogen-bond donors (Lipinski definition) is 2. The fourth-order valence-electron chi connectivity index (χ4n) is 2.59. The third-order valence-corrected chi connectivity index (χ3v) is 3.69. The zero-order valence-electron chi connectivity index (χ0n) is 11.9. The molecular weight excluding hydrogens is 273 g/mol. The van der Waals surface area contributed by atoms with Crippen LogP contribution in [0.3, 0.4) is 0 Å². The topological polar surface area (TPSA) is 52.6 Å². The van der Waals surface area contributed by atoms with Gasteiger partial charge in [0, 0.05) is 31.5 Å². The third kappa shape index (κ3) is 5.28. The number of hydrogen-bond acceptors (Lipinski definition) is 3. The highest BCUT2D eigenvalue weighted by atomic mass is 19.4. The molecule has 2 N–H and O–H groups in total. The van der Waals surface area contributed by atoms with Crippen LogP contribution in [0.25, 0.3) is 0 Å². The SMILES string of the molecule is CCC(=O)N1CC(NCC(F)(F)F)CC(C(O)CC)C1. The summed E-state index contributed by atoms with van der Waals surface area (Å²) >= 11 is 0. The second-order valence-electron chi connectivity index (χ2n) is 5.32. The summed E-state index contributed by atoms with van der Waals surface area (Å²) in [6, 6.07) is -0.424. The van der Waals surface area contributed by atoms with Crippen LogP contribution in [0.4, 0.5) is 13.2 Å². The van der Waals surface area contributed by atoms with Gasteiger partial charge in [-0.25, -0.2) is 0 Å². The van der Waals surface area contributed by atoms with E-state index in [2.05, 4.69) is 5.32 Å². The summed E-state index contributed by atoms with van der Waals surface area (Å²) in [6.07, 6.45) is -3.54. The molecule has 1 saturated heterocycles. The van der Waals surface area contributed by atoms with Crippen LogP contribution in [0, 0.1) is 5.92 Å². The van der Waals surface area contributed by atoms with Crippen LogP contribution in [0.15, 0.2) is 0 Å². The van der Waals surface area contributed by atoms with Crippen LogP contribution < -0.4 is 5.32 Å². The van der Waals surface area contributed by atoms with E-state index in [0.29, 0.717) is 25.8 Å². The van der Waals surface area contributed by atoms with Gasteiger partial charge in [-0.3, -0.25) is 4.79 Å². The van der Waals surface area contributed by atoms with Gasteiger partial charge in [0.2, 0.25) is 5.91 Å². The van der Waals surface area contributed by atoms with Gasteiger partial charge in [-0.2, -0.15) is 13.2 Å². The Labute approximate surface area is 117 Å². The Morgan fingerprint density at radius 2 is 2.05 bits per heavy atom. The molecule has 0 aromatic carbocycles. The van der Waals surface area contributed by atoms with E-state index in [0.717, 1.165) is 0 Å². The van der Waals surface area contributed by atoms with Crippen LogP contribution in [-0.4, -0.2) is 53.9 Å². The lowest BCUT2D eigenvalue weighted by Gasteiger charge is -2.40. The zero-order chi connectivity index (χ0) is 15.3. The standard InChI is InChI=1S/C13H23F3N2O2/c1-3-11(19)9-5-10(17-8-13(14,15)16)7-18(6-9)12(20)4-2/h9-11,17,19H,3-8H2,1-2H3. The van der Waals surface area contributed by atoms with Crippen LogP contribution in [0.1, 0.15) is 33.1 Å². The molecule has 7 heteroatoms. The quantitative estimate of drug-likeness (QED) is 0.809. The summed E-state index contributed by atoms with van der Waals surface area (Å²) in [6.45, 7) is 3.17. The molecule has 1 aliphatic heterocycles. The fourth-order valence-corrected chi connectivity index (χ4v) is 2.59. The first-order chi connectivity index (χ1) is 9.26. The van der Waals surface area contributed by atoms with Crippen molar-refractivity contribution in [2.45, 2.75) is 51.4 Å². The molecule has 118 valence electrons. The van der Waals surface area contributed by atoms with E-state index in [9.17, 15) is 23.1 Å². The summed E-state index contributed by atoms with van der Waals surface area (Å²) in [7, 11) is 0. The van der Waals surface area contributed by atoms with Gasteiger partial charge in [0.1, 0.15) is 0 Å². The Bertz CT molecular complexity index is 323. The Morgan fingerprint density at radius 1 is 1.40 bits per heavy atom. The summed E-state index contributed by atoms with van der Waals surface area (Å²) in [5.41, 5.74) is 0. The summed E-state index contributed by atoms with van der Waals surface area (Å²) in [5, 5.41) is 12.4. The minimum Gasteiger partial charge on any atom is -0.393 e. The number of nitrogens with one attached hydrogen (secondary N) is 1. The van der Waals surface area contributed by atoms with Crippen molar-refractivity contribution in [3.05, 3.63) is 0 Å². The highest BCUT2D eigenvalue weighted by molar-refractivity contribution is 5.76. The number of amides is 1. The number of carbonyl (C=O) groups is 1. The van der Waals surface area contributed by atoms with Crippen molar-refractivity contribution in [3.63, 3.8) is 0 Å². The number of aliphatic hydroxyl groups is 1. The van der Waals surface area contributed by atoms with E-state index in [-0.39, 0.29) is 18.4 Å². The van der Waals surface area contributed by atoms with Crippen molar-refractivity contribution in [1.82, 2.24) is 10.2 Å². The van der Waals surface area contributed by atoms with Crippen molar-refractivity contribution in [1.29, 1.82) is 0 Å². The van der Waals surface area contributed by atoms with Crippen LogP contribution >= 0.6 is 0 Å². The maximum absolute atomic E-state index is 12.3. The third-order valence-electron chi connectivity index (χ3n) is 3.69. The first kappa shape index (κ1) is 17.2. The zero-order valence-corrected chi connectivity index (χ0v) is 11.9. The number of likely N-dealkylation sites (tertiary alicyclic amines) is 1. The molecule has 4 nitrogen and oxygen atoms in total. The molecule has 1 aliphatic rings. The van der Waals surface area contributed by atoms with Gasteiger partial charge in [0.05, 0.1) is 12.6 Å². The van der Waals surface area contributed by atoms with Crippen molar-refractivity contribution in [2.24, 2.45) is 5.92 Å². The highest BCUT2D eigenvalue weighted by Crippen LogP contribution is 2.23. The van der Waals surface area contributed by atoms with Gasteiger partial charge in [-0.1, -0.05) is 13.8 Å². The van der Waals surface area contributed by atoms with Crippen LogP contribution in [0.2, 0.25) is 0 Å². The Balaban J connectivity index is 2.66. The molecule has 0 radical (unpaired) electrons. The Kier molecular flexibility index (Phi) is 6.26. The Morgan fingerprint density at radius 3 is 2.55 bits per heavy atom. The smallest absolute Gasteiger partial charge is 0.393 e. The molecule has 20 heavy (non-hydrogen) atoms. The first-order valence-corrected chi connectivity index (χ1v) is 7.02. The maximum atomic E-state index is 12.3. The largest absolute Gasteiger partial charge is 0.401 e. The van der Waals surface area contributed by atoms with Gasteiger partial charge < -0.3 is 15.3 Å². The molecule has 1 heterocycles. The van der Waals surface area contributed by atoms with Gasteiger partial charge >= 0.3 is 6.18 Å². The lowest BCUT2D eigenvalue weighted by molar-refractivity contribution is -0.136. The number of alkyl halides is 3. The van der Waals surface area contributed by atoms with E-state index in [1.165, 1.54) is 0 Å². The van der Waals surface area contributed by atoms with Crippen molar-refractivity contribution in [2.75, 3.05) is 19.6 Å². The van der Waals surface area contributed by atoms with E-state index < -0.39 is 24.9 Å². The highest BCUT2D eigenvalue weighted by Gasteiger charge is 2.35. The number of carbonyl (C=O) groups excluding carboxylic acids is 1. The second-order valence-corrected chi connectivity index (χ2v) is 5.32. The number of nitrogens with zero attached hydrogens (tertiary/aromatic N) is 1. The molecule has 0 aromatic rings. The summed E-state index contributed by atoms with van der Waals surface area (Å²) in [4.78, 5) is 13.3.